The van der Waals surface area contributed by atoms with Crippen molar-refractivity contribution in [2.24, 2.45) is 5.41 Å². The second kappa shape index (κ2) is 12.7. The van der Waals surface area contributed by atoms with Crippen molar-refractivity contribution in [3.8, 4) is 0 Å². The van der Waals surface area contributed by atoms with E-state index in [1.54, 1.807) is 24.3 Å². The first-order valence-corrected chi connectivity index (χ1v) is 13.4. The molecule has 36 heavy (non-hydrogen) atoms. The summed E-state index contributed by atoms with van der Waals surface area (Å²) in [5.74, 6) is 0.416. The zero-order valence-corrected chi connectivity index (χ0v) is 23.2. The molecular weight excluding hydrogens is 472 g/mol. The molecular formula is C30H41ClN2O3. The fraction of sp³-hybridized carbons (Fsp3) is 0.533. The number of nitrogens with zero attached hydrogens (tertiary/aromatic N) is 1. The highest BCUT2D eigenvalue weighted by Crippen LogP contribution is 2.37. The lowest BCUT2D eigenvalue weighted by atomic mass is 9.79. The summed E-state index contributed by atoms with van der Waals surface area (Å²) in [6, 6.07) is 14.2. The molecule has 2 aromatic rings. The lowest BCUT2D eigenvalue weighted by Crippen LogP contribution is -2.39. The maximum atomic E-state index is 12.9. The predicted octanol–water partition coefficient (Wildman–Crippen LogP) is 6.38. The Bertz CT molecular complexity index is 1020. The van der Waals surface area contributed by atoms with Gasteiger partial charge in [-0.15, -0.1) is 0 Å². The van der Waals surface area contributed by atoms with Crippen molar-refractivity contribution in [3.05, 3.63) is 69.7 Å². The Morgan fingerprint density at radius 3 is 2.33 bits per heavy atom. The topological polar surface area (TPSA) is 58.6 Å². The highest BCUT2D eigenvalue weighted by atomic mass is 35.5. The van der Waals surface area contributed by atoms with Crippen LogP contribution < -0.4 is 5.32 Å². The number of rotatable bonds is 9. The highest BCUT2D eigenvalue weighted by Gasteiger charge is 2.29. The summed E-state index contributed by atoms with van der Waals surface area (Å²) in [7, 11) is 3.90. The van der Waals surface area contributed by atoms with E-state index in [-0.39, 0.29) is 17.9 Å². The van der Waals surface area contributed by atoms with Gasteiger partial charge in [-0.3, -0.25) is 9.59 Å². The first-order valence-electron chi connectivity index (χ1n) is 13.1. The van der Waals surface area contributed by atoms with Crippen LogP contribution in [-0.4, -0.2) is 43.5 Å². The van der Waals surface area contributed by atoms with Gasteiger partial charge < -0.3 is 15.0 Å². The van der Waals surface area contributed by atoms with Crippen molar-refractivity contribution in [2.75, 3.05) is 20.7 Å². The van der Waals surface area contributed by atoms with Crippen LogP contribution in [-0.2, 0) is 22.5 Å². The first kappa shape index (κ1) is 28.2. The molecule has 6 heteroatoms. The van der Waals surface area contributed by atoms with Gasteiger partial charge in [0.05, 0.1) is 12.0 Å². The smallest absolute Gasteiger partial charge is 0.311 e. The minimum Gasteiger partial charge on any atom is -0.465 e. The van der Waals surface area contributed by atoms with Crippen LogP contribution in [0, 0.1) is 5.41 Å². The van der Waals surface area contributed by atoms with Crippen LogP contribution in [0.4, 0.5) is 0 Å². The third-order valence-electron chi connectivity index (χ3n) is 7.13. The molecule has 1 fully saturated rings. The van der Waals surface area contributed by atoms with E-state index in [9.17, 15) is 9.59 Å². The zero-order valence-electron chi connectivity index (χ0n) is 22.4. The van der Waals surface area contributed by atoms with E-state index in [0.717, 1.165) is 45.1 Å². The SMILES string of the molecule is CNCc1cc(CCCOC(=O)C(C)(C)C)ccc1C1CCC(N(C)C(=O)c2ccc(Cl)cc2)CC1. The number of hydrogen-bond acceptors (Lipinski definition) is 4. The number of carbonyl (C=O) groups excluding carboxylic acids is 2. The summed E-state index contributed by atoms with van der Waals surface area (Å²) < 4.78 is 5.42. The number of aryl methyl sites for hydroxylation is 1. The maximum absolute atomic E-state index is 12.9. The zero-order chi connectivity index (χ0) is 26.3. The third kappa shape index (κ3) is 7.57. The van der Waals surface area contributed by atoms with Crippen LogP contribution in [0.1, 0.15) is 85.8 Å². The van der Waals surface area contributed by atoms with Crippen molar-refractivity contribution in [1.29, 1.82) is 0 Å². The molecule has 0 aromatic heterocycles. The molecule has 0 aliphatic heterocycles. The van der Waals surface area contributed by atoms with E-state index in [0.29, 0.717) is 23.1 Å². The Morgan fingerprint density at radius 1 is 1.06 bits per heavy atom. The average molecular weight is 513 g/mol. The minimum absolute atomic E-state index is 0.0588. The van der Waals surface area contributed by atoms with Crippen LogP contribution in [0.25, 0.3) is 0 Å². The van der Waals surface area contributed by atoms with Gasteiger partial charge in [-0.25, -0.2) is 0 Å². The summed E-state index contributed by atoms with van der Waals surface area (Å²) in [4.78, 5) is 26.8. The molecule has 0 bridgehead atoms. The molecule has 0 atom stereocenters. The molecule has 0 heterocycles. The molecule has 0 spiro atoms. The van der Waals surface area contributed by atoms with Crippen LogP contribution in [0.3, 0.4) is 0 Å². The van der Waals surface area contributed by atoms with E-state index >= 15 is 0 Å². The summed E-state index contributed by atoms with van der Waals surface area (Å²) in [5, 5.41) is 3.96. The number of nitrogens with one attached hydrogen (secondary N) is 1. The second-order valence-electron chi connectivity index (χ2n) is 11.0. The molecule has 1 aliphatic rings. The maximum Gasteiger partial charge on any atom is 0.311 e. The van der Waals surface area contributed by atoms with Gasteiger partial charge in [0.1, 0.15) is 0 Å². The van der Waals surface area contributed by atoms with Crippen LogP contribution in [0.2, 0.25) is 5.02 Å². The van der Waals surface area contributed by atoms with Crippen molar-refractivity contribution >= 4 is 23.5 Å². The Hall–Kier alpha value is -2.37. The molecule has 3 rings (SSSR count). The van der Waals surface area contributed by atoms with E-state index in [4.69, 9.17) is 16.3 Å². The largest absolute Gasteiger partial charge is 0.465 e. The minimum atomic E-state index is -0.460. The monoisotopic (exact) mass is 512 g/mol. The van der Waals surface area contributed by atoms with Gasteiger partial charge in [-0.05, 0) is 113 Å². The summed E-state index contributed by atoms with van der Waals surface area (Å²) in [6.45, 7) is 6.91. The van der Waals surface area contributed by atoms with Gasteiger partial charge in [0, 0.05) is 30.2 Å². The molecule has 196 valence electrons. The lowest BCUT2D eigenvalue weighted by molar-refractivity contribution is -0.153. The van der Waals surface area contributed by atoms with Gasteiger partial charge >= 0.3 is 5.97 Å². The number of esters is 1. The van der Waals surface area contributed by atoms with Gasteiger partial charge in [0.15, 0.2) is 0 Å². The molecule has 0 radical (unpaired) electrons. The molecule has 1 N–H and O–H groups in total. The Labute approximate surface area is 221 Å². The molecule has 5 nitrogen and oxygen atoms in total. The van der Waals surface area contributed by atoms with Gasteiger partial charge in [-0.2, -0.15) is 0 Å². The molecule has 1 aliphatic carbocycles. The molecule has 0 unspecified atom stereocenters. The molecule has 2 aromatic carbocycles. The number of amides is 1. The quantitative estimate of drug-likeness (QED) is 0.313. The van der Waals surface area contributed by atoms with Crippen molar-refractivity contribution in [2.45, 2.75) is 77.8 Å². The normalized spacial score (nSPS) is 18.1. The van der Waals surface area contributed by atoms with E-state index in [1.807, 2.05) is 39.8 Å². The van der Waals surface area contributed by atoms with Gasteiger partial charge in [0.25, 0.3) is 5.91 Å². The Balaban J connectivity index is 1.57. The molecule has 1 amide bonds. The Morgan fingerprint density at radius 2 is 1.72 bits per heavy atom. The summed E-state index contributed by atoms with van der Waals surface area (Å²) in [5.41, 5.74) is 4.26. The van der Waals surface area contributed by atoms with Crippen LogP contribution in [0.15, 0.2) is 42.5 Å². The first-order chi connectivity index (χ1) is 17.1. The van der Waals surface area contributed by atoms with Crippen LogP contribution in [0.5, 0.6) is 0 Å². The highest BCUT2D eigenvalue weighted by molar-refractivity contribution is 6.30. The van der Waals surface area contributed by atoms with Crippen molar-refractivity contribution in [1.82, 2.24) is 10.2 Å². The number of benzene rings is 2. The second-order valence-corrected chi connectivity index (χ2v) is 11.4. The standard InChI is InChI=1S/C30H41ClN2O3/c1-30(2,3)29(35)36-18-6-7-21-8-17-27(24(19-21)20-32-4)22-11-15-26(16-12-22)33(5)28(34)23-9-13-25(31)14-10-23/h8-10,13-14,17,19,22,26,32H,6-7,11-12,15-16,18,20H2,1-5H3. The Kier molecular flexibility index (Phi) is 9.98. The number of hydrogen-bond donors (Lipinski definition) is 1. The van der Waals surface area contributed by atoms with Crippen LogP contribution >= 0.6 is 11.6 Å². The van der Waals surface area contributed by atoms with Gasteiger partial charge in [0.2, 0.25) is 0 Å². The van der Waals surface area contributed by atoms with Crippen molar-refractivity contribution in [3.63, 3.8) is 0 Å². The lowest BCUT2D eigenvalue weighted by Gasteiger charge is -2.35. The van der Waals surface area contributed by atoms with E-state index in [1.165, 1.54) is 16.7 Å². The number of carbonyl (C=O) groups is 2. The third-order valence-corrected chi connectivity index (χ3v) is 7.38. The number of halogens is 1. The van der Waals surface area contributed by atoms with E-state index < -0.39 is 5.41 Å². The van der Waals surface area contributed by atoms with Gasteiger partial charge in [-0.1, -0.05) is 29.8 Å². The average Bonchev–Trinajstić information content (AvgIpc) is 2.86. The predicted molar refractivity (Wildman–Crippen MR) is 146 cm³/mol. The summed E-state index contributed by atoms with van der Waals surface area (Å²) in [6.07, 6.45) is 5.85. The van der Waals surface area contributed by atoms with Crippen molar-refractivity contribution < 1.29 is 14.3 Å². The fourth-order valence-corrected chi connectivity index (χ4v) is 5.08. The fourth-order valence-electron chi connectivity index (χ4n) is 4.95. The molecule has 0 saturated heterocycles. The molecule has 1 saturated carbocycles. The summed E-state index contributed by atoms with van der Waals surface area (Å²) >= 11 is 5.97. The van der Waals surface area contributed by atoms with E-state index in [2.05, 4.69) is 23.5 Å². The number of ether oxygens (including phenoxy) is 1.